The van der Waals surface area contributed by atoms with Crippen molar-refractivity contribution in [3.63, 3.8) is 0 Å². The van der Waals surface area contributed by atoms with Crippen LogP contribution in [0.2, 0.25) is 0 Å². The first-order chi connectivity index (χ1) is 9.20. The maximum Gasteiger partial charge on any atom is 0.253 e. The zero-order valence-corrected chi connectivity index (χ0v) is 11.9. The van der Waals surface area contributed by atoms with Gasteiger partial charge in [-0.25, -0.2) is 0 Å². The highest BCUT2D eigenvalue weighted by molar-refractivity contribution is 7.07. The van der Waals surface area contributed by atoms with E-state index < -0.39 is 0 Å². The summed E-state index contributed by atoms with van der Waals surface area (Å²) in [6, 6.07) is 9.61. The fourth-order valence-corrected chi connectivity index (χ4v) is 2.57. The average Bonchev–Trinajstić information content (AvgIpc) is 2.91. The second-order valence-electron chi connectivity index (χ2n) is 4.43. The van der Waals surface area contributed by atoms with E-state index in [1.807, 2.05) is 42.8 Å². The third-order valence-corrected chi connectivity index (χ3v) is 3.56. The number of carbonyl (C=O) groups excluding carboxylic acids is 1. The molecule has 0 spiro atoms. The van der Waals surface area contributed by atoms with Crippen LogP contribution >= 0.6 is 11.3 Å². The van der Waals surface area contributed by atoms with E-state index in [4.69, 9.17) is 4.74 Å². The molecule has 0 atom stereocenters. The molecule has 19 heavy (non-hydrogen) atoms. The number of methoxy groups -OCH3 is 1. The van der Waals surface area contributed by atoms with Gasteiger partial charge < -0.3 is 9.64 Å². The Hall–Kier alpha value is -1.65. The summed E-state index contributed by atoms with van der Waals surface area (Å²) in [5, 5.41) is 4.08. The van der Waals surface area contributed by atoms with Gasteiger partial charge >= 0.3 is 0 Å². The minimum absolute atomic E-state index is 0.0316. The quantitative estimate of drug-likeness (QED) is 0.839. The Morgan fingerprint density at radius 3 is 2.84 bits per heavy atom. The molecule has 2 rings (SSSR count). The van der Waals surface area contributed by atoms with Gasteiger partial charge in [0.15, 0.2) is 0 Å². The molecule has 0 saturated carbocycles. The minimum Gasteiger partial charge on any atom is -0.380 e. The van der Waals surface area contributed by atoms with E-state index in [2.05, 4.69) is 5.38 Å². The molecule has 4 heteroatoms. The summed E-state index contributed by atoms with van der Waals surface area (Å²) in [7, 11) is 3.47. The molecule has 100 valence electrons. The number of rotatable bonds is 5. The Kier molecular flexibility index (Phi) is 4.71. The van der Waals surface area contributed by atoms with Gasteiger partial charge in [0.05, 0.1) is 6.61 Å². The van der Waals surface area contributed by atoms with Gasteiger partial charge in [0.2, 0.25) is 0 Å². The van der Waals surface area contributed by atoms with E-state index in [9.17, 15) is 4.79 Å². The van der Waals surface area contributed by atoms with Gasteiger partial charge in [-0.1, -0.05) is 12.1 Å². The molecule has 1 amide bonds. The fraction of sp³-hybridized carbons (Fsp3) is 0.267. The first-order valence-corrected chi connectivity index (χ1v) is 6.99. The van der Waals surface area contributed by atoms with Crippen molar-refractivity contribution in [1.82, 2.24) is 4.90 Å². The van der Waals surface area contributed by atoms with Gasteiger partial charge in [0, 0.05) is 26.3 Å². The molecule has 1 heterocycles. The van der Waals surface area contributed by atoms with E-state index in [-0.39, 0.29) is 5.91 Å². The van der Waals surface area contributed by atoms with Crippen molar-refractivity contribution in [3.05, 3.63) is 57.8 Å². The molecule has 0 radical (unpaired) electrons. The summed E-state index contributed by atoms with van der Waals surface area (Å²) in [6.45, 7) is 1.16. The van der Waals surface area contributed by atoms with Crippen molar-refractivity contribution in [3.8, 4) is 0 Å². The van der Waals surface area contributed by atoms with Crippen molar-refractivity contribution in [2.24, 2.45) is 0 Å². The zero-order valence-electron chi connectivity index (χ0n) is 11.1. The lowest BCUT2D eigenvalue weighted by atomic mass is 10.1. The molecule has 0 aliphatic carbocycles. The highest BCUT2D eigenvalue weighted by Gasteiger charge is 2.12. The largest absolute Gasteiger partial charge is 0.380 e. The summed E-state index contributed by atoms with van der Waals surface area (Å²) >= 11 is 1.64. The number of thiophene rings is 1. The molecule has 0 unspecified atom stereocenters. The van der Waals surface area contributed by atoms with Crippen LogP contribution in [0.3, 0.4) is 0 Å². The van der Waals surface area contributed by atoms with Crippen molar-refractivity contribution in [1.29, 1.82) is 0 Å². The molecule has 0 aliphatic rings. The molecule has 0 bridgehead atoms. The summed E-state index contributed by atoms with van der Waals surface area (Å²) in [4.78, 5) is 14.0. The number of hydrogen-bond acceptors (Lipinski definition) is 3. The molecular weight excluding hydrogens is 258 g/mol. The van der Waals surface area contributed by atoms with Gasteiger partial charge in [-0.3, -0.25) is 4.79 Å². The van der Waals surface area contributed by atoms with Gasteiger partial charge in [-0.2, -0.15) is 11.3 Å². The highest BCUT2D eigenvalue weighted by atomic mass is 32.1. The maximum absolute atomic E-state index is 12.3. The number of nitrogens with zero attached hydrogens (tertiary/aromatic N) is 1. The summed E-state index contributed by atoms with van der Waals surface area (Å²) in [5.41, 5.74) is 2.87. The summed E-state index contributed by atoms with van der Waals surface area (Å²) in [6.07, 6.45) is 0. The smallest absolute Gasteiger partial charge is 0.253 e. The second kappa shape index (κ2) is 6.50. The van der Waals surface area contributed by atoms with Crippen molar-refractivity contribution >= 4 is 17.2 Å². The molecule has 0 N–H and O–H groups in total. The predicted molar refractivity (Wildman–Crippen MR) is 77.3 cm³/mol. The van der Waals surface area contributed by atoms with E-state index in [0.717, 1.165) is 11.1 Å². The van der Waals surface area contributed by atoms with Crippen LogP contribution in [0.25, 0.3) is 0 Å². The molecule has 1 aromatic heterocycles. The average molecular weight is 275 g/mol. The second-order valence-corrected chi connectivity index (χ2v) is 5.21. The number of ether oxygens (including phenoxy) is 1. The Balaban J connectivity index is 2.08. The lowest BCUT2D eigenvalue weighted by molar-refractivity contribution is 0.0785. The third kappa shape index (κ3) is 3.66. The lowest BCUT2D eigenvalue weighted by Gasteiger charge is -2.17. The van der Waals surface area contributed by atoms with Crippen LogP contribution in [0, 0.1) is 0 Å². The number of benzene rings is 1. The Morgan fingerprint density at radius 2 is 2.16 bits per heavy atom. The summed E-state index contributed by atoms with van der Waals surface area (Å²) < 4.78 is 5.08. The molecule has 0 saturated heterocycles. The first kappa shape index (κ1) is 13.8. The third-order valence-electron chi connectivity index (χ3n) is 2.83. The number of carbonyl (C=O) groups is 1. The zero-order chi connectivity index (χ0) is 13.7. The van der Waals surface area contributed by atoms with Gasteiger partial charge in [0.25, 0.3) is 5.91 Å². The molecule has 0 aliphatic heterocycles. The highest BCUT2D eigenvalue weighted by Crippen LogP contribution is 2.13. The lowest BCUT2D eigenvalue weighted by Crippen LogP contribution is -2.26. The Bertz CT molecular complexity index is 537. The van der Waals surface area contributed by atoms with E-state index in [0.29, 0.717) is 18.7 Å². The van der Waals surface area contributed by atoms with E-state index in [1.165, 1.54) is 0 Å². The molecule has 3 nitrogen and oxygen atoms in total. The standard InChI is InChI=1S/C15H17NO2S/c1-16(9-13-6-7-19-11-13)15(17)14-5-3-4-12(8-14)10-18-2/h3-8,11H,9-10H2,1-2H3. The van der Waals surface area contributed by atoms with Crippen LogP contribution < -0.4 is 0 Å². The fourth-order valence-electron chi connectivity index (χ4n) is 1.91. The van der Waals surface area contributed by atoms with Crippen LogP contribution in [0.15, 0.2) is 41.1 Å². The number of hydrogen-bond donors (Lipinski definition) is 0. The van der Waals surface area contributed by atoms with E-state index >= 15 is 0 Å². The first-order valence-electron chi connectivity index (χ1n) is 6.05. The van der Waals surface area contributed by atoms with Crippen LogP contribution in [-0.2, 0) is 17.9 Å². The topological polar surface area (TPSA) is 29.5 Å². The SMILES string of the molecule is COCc1cccc(C(=O)N(C)Cc2ccsc2)c1. The van der Waals surface area contributed by atoms with Crippen LogP contribution in [0.5, 0.6) is 0 Å². The molecular formula is C15H17NO2S. The van der Waals surface area contributed by atoms with E-state index in [1.54, 1.807) is 23.3 Å². The maximum atomic E-state index is 12.3. The van der Waals surface area contributed by atoms with Crippen LogP contribution in [0.4, 0.5) is 0 Å². The van der Waals surface area contributed by atoms with Crippen molar-refractivity contribution in [2.45, 2.75) is 13.2 Å². The monoisotopic (exact) mass is 275 g/mol. The van der Waals surface area contributed by atoms with Gasteiger partial charge in [-0.05, 0) is 40.1 Å². The molecule has 1 aromatic carbocycles. The molecule has 0 fully saturated rings. The minimum atomic E-state index is 0.0316. The number of amides is 1. The normalized spacial score (nSPS) is 10.4. The molecule has 2 aromatic rings. The Labute approximate surface area is 117 Å². The van der Waals surface area contributed by atoms with Crippen LogP contribution in [0.1, 0.15) is 21.5 Å². The van der Waals surface area contributed by atoms with Gasteiger partial charge in [0.1, 0.15) is 0 Å². The Morgan fingerprint density at radius 1 is 1.32 bits per heavy atom. The van der Waals surface area contributed by atoms with Gasteiger partial charge in [-0.15, -0.1) is 0 Å². The predicted octanol–water partition coefficient (Wildman–Crippen LogP) is 3.17. The van der Waals surface area contributed by atoms with Crippen molar-refractivity contribution < 1.29 is 9.53 Å². The van der Waals surface area contributed by atoms with Crippen LogP contribution in [-0.4, -0.2) is 25.0 Å². The van der Waals surface area contributed by atoms with Crippen molar-refractivity contribution in [2.75, 3.05) is 14.2 Å². The summed E-state index contributed by atoms with van der Waals surface area (Å²) in [5.74, 6) is 0.0316.